The second kappa shape index (κ2) is 4.64. The number of rotatable bonds is 3. The molecule has 1 N–H and O–H groups in total. The van der Waals surface area contributed by atoms with Gasteiger partial charge < -0.3 is 5.32 Å². The predicted octanol–water partition coefficient (Wildman–Crippen LogP) is 2.95. The summed E-state index contributed by atoms with van der Waals surface area (Å²) < 4.78 is 0. The standard InChI is InChI=1S/C13H19N3/c1-4-9(2)14-13-10(3)15-11-7-5-6-8-12(11)16-13/h5,7,9H,4,6,8H2,1-3H3,(H,14,16). The van der Waals surface area contributed by atoms with Crippen LogP contribution in [0.3, 0.4) is 0 Å². The Hall–Kier alpha value is -1.38. The smallest absolute Gasteiger partial charge is 0.148 e. The van der Waals surface area contributed by atoms with Crippen molar-refractivity contribution in [1.29, 1.82) is 0 Å². The largest absolute Gasteiger partial charge is 0.366 e. The van der Waals surface area contributed by atoms with Gasteiger partial charge in [-0.15, -0.1) is 0 Å². The fourth-order valence-electron chi connectivity index (χ4n) is 1.78. The van der Waals surface area contributed by atoms with E-state index in [0.717, 1.165) is 42.2 Å². The first-order valence-electron chi connectivity index (χ1n) is 6.01. The van der Waals surface area contributed by atoms with E-state index in [1.165, 1.54) is 0 Å². The molecule has 0 saturated heterocycles. The Morgan fingerprint density at radius 1 is 1.44 bits per heavy atom. The van der Waals surface area contributed by atoms with Crippen molar-refractivity contribution in [2.45, 2.75) is 46.1 Å². The molecule has 16 heavy (non-hydrogen) atoms. The zero-order valence-corrected chi connectivity index (χ0v) is 10.2. The van der Waals surface area contributed by atoms with Crippen molar-refractivity contribution in [3.05, 3.63) is 23.2 Å². The summed E-state index contributed by atoms with van der Waals surface area (Å²) in [6.07, 6.45) is 7.42. The molecule has 1 aromatic heterocycles. The van der Waals surface area contributed by atoms with Crippen LogP contribution in [0.15, 0.2) is 6.08 Å². The highest BCUT2D eigenvalue weighted by molar-refractivity contribution is 5.54. The van der Waals surface area contributed by atoms with Crippen molar-refractivity contribution in [2.75, 3.05) is 5.32 Å². The van der Waals surface area contributed by atoms with E-state index in [-0.39, 0.29) is 0 Å². The lowest BCUT2D eigenvalue weighted by molar-refractivity contribution is 0.751. The number of allylic oxidation sites excluding steroid dienone is 1. The van der Waals surface area contributed by atoms with Crippen LogP contribution in [0.25, 0.3) is 6.08 Å². The van der Waals surface area contributed by atoms with Crippen molar-refractivity contribution in [1.82, 2.24) is 9.97 Å². The van der Waals surface area contributed by atoms with E-state index in [0.29, 0.717) is 6.04 Å². The summed E-state index contributed by atoms with van der Waals surface area (Å²) in [7, 11) is 0. The average Bonchev–Trinajstić information content (AvgIpc) is 2.30. The molecular formula is C13H19N3. The average molecular weight is 217 g/mol. The van der Waals surface area contributed by atoms with Crippen LogP contribution in [0.5, 0.6) is 0 Å². The maximum atomic E-state index is 4.68. The first-order chi connectivity index (χ1) is 7.70. The summed E-state index contributed by atoms with van der Waals surface area (Å²) in [5.41, 5.74) is 3.16. The minimum atomic E-state index is 0.449. The Morgan fingerprint density at radius 2 is 2.25 bits per heavy atom. The van der Waals surface area contributed by atoms with Gasteiger partial charge in [0.05, 0.1) is 17.1 Å². The second-order valence-corrected chi connectivity index (χ2v) is 4.38. The lowest BCUT2D eigenvalue weighted by Crippen LogP contribution is -2.17. The van der Waals surface area contributed by atoms with Gasteiger partial charge in [0.2, 0.25) is 0 Å². The van der Waals surface area contributed by atoms with E-state index in [9.17, 15) is 0 Å². The Balaban J connectivity index is 2.29. The second-order valence-electron chi connectivity index (χ2n) is 4.38. The van der Waals surface area contributed by atoms with Gasteiger partial charge >= 0.3 is 0 Å². The molecule has 0 fully saturated rings. The molecule has 1 atom stereocenters. The third-order valence-electron chi connectivity index (χ3n) is 2.99. The normalized spacial score (nSPS) is 15.7. The van der Waals surface area contributed by atoms with E-state index in [1.54, 1.807) is 0 Å². The lowest BCUT2D eigenvalue weighted by atomic mass is 10.1. The van der Waals surface area contributed by atoms with Crippen LogP contribution >= 0.6 is 0 Å². The topological polar surface area (TPSA) is 37.8 Å². The quantitative estimate of drug-likeness (QED) is 0.845. The van der Waals surface area contributed by atoms with Crippen molar-refractivity contribution in [2.24, 2.45) is 0 Å². The number of nitrogens with zero attached hydrogens (tertiary/aromatic N) is 2. The fraction of sp³-hybridized carbons (Fsp3) is 0.538. The minimum Gasteiger partial charge on any atom is -0.366 e. The van der Waals surface area contributed by atoms with E-state index in [4.69, 9.17) is 0 Å². The lowest BCUT2D eigenvalue weighted by Gasteiger charge is -2.17. The Morgan fingerprint density at radius 3 is 3.00 bits per heavy atom. The van der Waals surface area contributed by atoms with Gasteiger partial charge in [-0.3, -0.25) is 0 Å². The van der Waals surface area contributed by atoms with Crippen molar-refractivity contribution < 1.29 is 0 Å². The molecule has 0 aliphatic heterocycles. The molecular weight excluding hydrogens is 198 g/mol. The highest BCUT2D eigenvalue weighted by Crippen LogP contribution is 2.20. The van der Waals surface area contributed by atoms with Crippen LogP contribution in [0.4, 0.5) is 5.82 Å². The number of anilines is 1. The Bertz CT molecular complexity index is 410. The minimum absolute atomic E-state index is 0.449. The first kappa shape index (κ1) is 11.1. The highest BCUT2D eigenvalue weighted by atomic mass is 15.0. The number of nitrogens with one attached hydrogen (secondary N) is 1. The van der Waals surface area contributed by atoms with Gasteiger partial charge in [0.25, 0.3) is 0 Å². The summed E-state index contributed by atoms with van der Waals surface area (Å²) in [5.74, 6) is 0.948. The van der Waals surface area contributed by atoms with Crippen LogP contribution in [-0.4, -0.2) is 16.0 Å². The van der Waals surface area contributed by atoms with E-state index >= 15 is 0 Å². The van der Waals surface area contributed by atoms with Crippen molar-refractivity contribution in [3.8, 4) is 0 Å². The molecule has 2 rings (SSSR count). The monoisotopic (exact) mass is 217 g/mol. The molecule has 1 aliphatic rings. The van der Waals surface area contributed by atoms with Crippen molar-refractivity contribution >= 4 is 11.9 Å². The van der Waals surface area contributed by atoms with Gasteiger partial charge in [-0.05, 0) is 39.2 Å². The molecule has 3 heteroatoms. The molecule has 1 unspecified atom stereocenters. The molecule has 0 bridgehead atoms. The van der Waals surface area contributed by atoms with E-state index in [1.807, 2.05) is 6.92 Å². The fourth-order valence-corrected chi connectivity index (χ4v) is 1.78. The predicted molar refractivity (Wildman–Crippen MR) is 67.5 cm³/mol. The maximum absolute atomic E-state index is 4.68. The highest BCUT2D eigenvalue weighted by Gasteiger charge is 2.12. The summed E-state index contributed by atoms with van der Waals surface area (Å²) in [5, 5.41) is 3.41. The van der Waals surface area contributed by atoms with Crippen molar-refractivity contribution in [3.63, 3.8) is 0 Å². The number of fused-ring (bicyclic) bond motifs is 1. The number of aryl methyl sites for hydroxylation is 2. The van der Waals surface area contributed by atoms with Gasteiger partial charge in [0, 0.05) is 6.04 Å². The first-order valence-corrected chi connectivity index (χ1v) is 6.01. The zero-order chi connectivity index (χ0) is 11.5. The molecule has 3 nitrogen and oxygen atoms in total. The van der Waals surface area contributed by atoms with Crippen LogP contribution in [-0.2, 0) is 6.42 Å². The van der Waals surface area contributed by atoms with Gasteiger partial charge in [0.1, 0.15) is 5.82 Å². The van der Waals surface area contributed by atoms with Gasteiger partial charge in [-0.1, -0.05) is 13.0 Å². The van der Waals surface area contributed by atoms with Gasteiger partial charge in [0.15, 0.2) is 0 Å². The SMILES string of the molecule is CCC(C)Nc1nc2c(nc1C)C=CCC2. The number of hydrogen-bond acceptors (Lipinski definition) is 3. The molecule has 1 aliphatic carbocycles. The van der Waals surface area contributed by atoms with Gasteiger partial charge in [-0.25, -0.2) is 9.97 Å². The number of aromatic nitrogens is 2. The Kier molecular flexibility index (Phi) is 3.22. The summed E-state index contributed by atoms with van der Waals surface area (Å²) in [6, 6.07) is 0.449. The molecule has 0 saturated carbocycles. The summed E-state index contributed by atoms with van der Waals surface area (Å²) in [6.45, 7) is 6.35. The van der Waals surface area contributed by atoms with Crippen LogP contribution in [0.1, 0.15) is 43.8 Å². The third-order valence-corrected chi connectivity index (χ3v) is 2.99. The third kappa shape index (κ3) is 2.23. The van der Waals surface area contributed by atoms with E-state index in [2.05, 4.69) is 41.3 Å². The molecule has 1 heterocycles. The number of hydrogen-bond donors (Lipinski definition) is 1. The van der Waals surface area contributed by atoms with Crippen LogP contribution in [0, 0.1) is 6.92 Å². The van der Waals surface area contributed by atoms with Crippen LogP contribution in [0.2, 0.25) is 0 Å². The van der Waals surface area contributed by atoms with Gasteiger partial charge in [-0.2, -0.15) is 0 Å². The molecule has 86 valence electrons. The summed E-state index contributed by atoms with van der Waals surface area (Å²) >= 11 is 0. The maximum Gasteiger partial charge on any atom is 0.148 e. The molecule has 0 amide bonds. The van der Waals surface area contributed by atoms with Crippen LogP contribution < -0.4 is 5.32 Å². The molecule has 1 aromatic rings. The van der Waals surface area contributed by atoms with E-state index < -0.39 is 0 Å². The molecule has 0 spiro atoms. The molecule has 0 radical (unpaired) electrons. The molecule has 0 aromatic carbocycles. The Labute approximate surface area is 97.0 Å². The summed E-state index contributed by atoms with van der Waals surface area (Å²) in [4.78, 5) is 9.27. The zero-order valence-electron chi connectivity index (χ0n) is 10.2.